The fourth-order valence-electron chi connectivity index (χ4n) is 3.44. The summed E-state index contributed by atoms with van der Waals surface area (Å²) in [5.74, 6) is -0.00763. The van der Waals surface area contributed by atoms with Gasteiger partial charge in [0.2, 0.25) is 5.89 Å². The van der Waals surface area contributed by atoms with Gasteiger partial charge in [-0.15, -0.1) is 15.3 Å². The van der Waals surface area contributed by atoms with E-state index in [-0.39, 0.29) is 5.65 Å². The molecule has 1 fully saturated rings. The summed E-state index contributed by atoms with van der Waals surface area (Å²) in [6.45, 7) is 3.27. The first-order valence-corrected chi connectivity index (χ1v) is 9.09. The molecule has 0 radical (unpaired) electrons. The molecule has 29 heavy (non-hydrogen) atoms. The number of piperazine rings is 1. The lowest BCUT2D eigenvalue weighted by Gasteiger charge is -2.34. The maximum absolute atomic E-state index is 13.1. The van der Waals surface area contributed by atoms with E-state index in [1.54, 1.807) is 6.07 Å². The lowest BCUT2D eigenvalue weighted by atomic mass is 10.3. The molecule has 0 atom stereocenters. The second-order valence-electron chi connectivity index (χ2n) is 6.82. The lowest BCUT2D eigenvalue weighted by molar-refractivity contribution is -0.146. The zero-order chi connectivity index (χ0) is 20.0. The van der Waals surface area contributed by atoms with Crippen LogP contribution in [0.5, 0.6) is 0 Å². The second-order valence-corrected chi connectivity index (χ2v) is 6.82. The van der Waals surface area contributed by atoms with Crippen molar-refractivity contribution < 1.29 is 17.6 Å². The third-order valence-electron chi connectivity index (χ3n) is 4.90. The van der Waals surface area contributed by atoms with E-state index >= 15 is 0 Å². The summed E-state index contributed by atoms with van der Waals surface area (Å²) in [4.78, 5) is 8.63. The number of nitrogens with zero attached hydrogens (tertiary/aromatic N) is 7. The fraction of sp³-hybridized carbons (Fsp3) is 0.333. The molecular weight excluding hydrogens is 387 g/mol. The zero-order valence-electron chi connectivity index (χ0n) is 15.2. The van der Waals surface area contributed by atoms with E-state index in [1.165, 1.54) is 6.07 Å². The van der Waals surface area contributed by atoms with E-state index in [9.17, 15) is 13.2 Å². The van der Waals surface area contributed by atoms with E-state index < -0.39 is 12.0 Å². The normalized spacial score (nSPS) is 16.2. The second kappa shape index (κ2) is 6.69. The van der Waals surface area contributed by atoms with Gasteiger partial charge in [-0.1, -0.05) is 12.1 Å². The Kier molecular flexibility index (Phi) is 4.12. The van der Waals surface area contributed by atoms with Gasteiger partial charge in [0.1, 0.15) is 11.3 Å². The van der Waals surface area contributed by atoms with Gasteiger partial charge in [0, 0.05) is 26.2 Å². The van der Waals surface area contributed by atoms with Gasteiger partial charge in [0.25, 0.3) is 5.82 Å². The van der Waals surface area contributed by atoms with E-state index in [4.69, 9.17) is 4.42 Å². The minimum absolute atomic E-state index is 0.0654. The Balaban J connectivity index is 1.29. The molecule has 11 heteroatoms. The molecule has 3 aromatic heterocycles. The van der Waals surface area contributed by atoms with Crippen LogP contribution in [0.1, 0.15) is 11.7 Å². The molecule has 8 nitrogen and oxygen atoms in total. The summed E-state index contributed by atoms with van der Waals surface area (Å²) >= 11 is 0. The molecule has 0 aliphatic carbocycles. The summed E-state index contributed by atoms with van der Waals surface area (Å²) in [5.41, 5.74) is 1.65. The van der Waals surface area contributed by atoms with Gasteiger partial charge in [0.05, 0.1) is 6.54 Å². The number of halogens is 3. The third-order valence-corrected chi connectivity index (χ3v) is 4.90. The van der Waals surface area contributed by atoms with Gasteiger partial charge in [0.15, 0.2) is 11.2 Å². The Bertz CT molecular complexity index is 1130. The van der Waals surface area contributed by atoms with Crippen molar-refractivity contribution in [2.45, 2.75) is 12.7 Å². The Labute approximate surface area is 162 Å². The SMILES string of the molecule is FC(F)(F)c1nnc2ccc(N3CCN(Cc4nc5ccccc5o4)CC3)nn12. The smallest absolute Gasteiger partial charge is 0.439 e. The molecule has 1 aromatic carbocycles. The topological polar surface area (TPSA) is 75.6 Å². The van der Waals surface area contributed by atoms with Crippen LogP contribution >= 0.6 is 0 Å². The van der Waals surface area contributed by atoms with Crippen molar-refractivity contribution in [1.82, 2.24) is 29.7 Å². The number of fused-ring (bicyclic) bond motifs is 2. The minimum Gasteiger partial charge on any atom is -0.439 e. The molecule has 0 amide bonds. The maximum atomic E-state index is 13.1. The number of alkyl halides is 3. The highest BCUT2D eigenvalue weighted by molar-refractivity contribution is 5.72. The highest BCUT2D eigenvalue weighted by Crippen LogP contribution is 2.28. The van der Waals surface area contributed by atoms with Crippen LogP contribution < -0.4 is 4.90 Å². The molecular formula is C18H16F3N7O. The van der Waals surface area contributed by atoms with Gasteiger partial charge in [-0.05, 0) is 24.3 Å². The van der Waals surface area contributed by atoms with Crippen LogP contribution in [0.3, 0.4) is 0 Å². The molecule has 0 N–H and O–H groups in total. The van der Waals surface area contributed by atoms with Gasteiger partial charge in [-0.25, -0.2) is 4.98 Å². The predicted molar refractivity (Wildman–Crippen MR) is 97.3 cm³/mol. The van der Waals surface area contributed by atoms with Crippen LogP contribution in [0, 0.1) is 0 Å². The van der Waals surface area contributed by atoms with Crippen molar-refractivity contribution in [3.8, 4) is 0 Å². The van der Waals surface area contributed by atoms with Gasteiger partial charge in [-0.2, -0.15) is 17.7 Å². The molecule has 1 saturated heterocycles. The van der Waals surface area contributed by atoms with Crippen molar-refractivity contribution in [1.29, 1.82) is 0 Å². The quantitative estimate of drug-likeness (QED) is 0.521. The van der Waals surface area contributed by atoms with Crippen molar-refractivity contribution in [2.75, 3.05) is 31.1 Å². The van der Waals surface area contributed by atoms with Gasteiger partial charge in [-0.3, -0.25) is 4.90 Å². The van der Waals surface area contributed by atoms with Crippen LogP contribution in [0.15, 0.2) is 40.8 Å². The van der Waals surface area contributed by atoms with Crippen molar-refractivity contribution >= 4 is 22.6 Å². The Morgan fingerprint density at radius 2 is 1.76 bits per heavy atom. The molecule has 4 heterocycles. The number of para-hydroxylation sites is 2. The summed E-state index contributed by atoms with van der Waals surface area (Å²) in [5, 5.41) is 10.9. The fourth-order valence-corrected chi connectivity index (χ4v) is 3.44. The van der Waals surface area contributed by atoms with Crippen LogP contribution in [0.2, 0.25) is 0 Å². The molecule has 0 unspecified atom stereocenters. The predicted octanol–water partition coefficient (Wildman–Crippen LogP) is 2.61. The minimum atomic E-state index is -4.61. The first-order chi connectivity index (χ1) is 14.0. The summed E-state index contributed by atoms with van der Waals surface area (Å²) in [6.07, 6.45) is -4.61. The van der Waals surface area contributed by atoms with Gasteiger partial charge >= 0.3 is 6.18 Å². The Hall–Kier alpha value is -3.21. The average Bonchev–Trinajstić information content (AvgIpc) is 3.31. The van der Waals surface area contributed by atoms with Crippen LogP contribution in [-0.2, 0) is 12.7 Å². The van der Waals surface area contributed by atoms with Crippen molar-refractivity contribution in [3.63, 3.8) is 0 Å². The standard InChI is InChI=1S/C18H16F3N7O/c19-18(20,21)17-24-23-14-5-6-15(25-28(14)17)27-9-7-26(8-10-27)11-16-22-12-3-1-2-4-13(12)29-16/h1-6H,7-11H2. The average molecular weight is 403 g/mol. The first-order valence-electron chi connectivity index (χ1n) is 9.09. The molecule has 1 aliphatic heterocycles. The summed E-state index contributed by atoms with van der Waals surface area (Å²) in [6, 6.07) is 10.8. The Morgan fingerprint density at radius 3 is 2.52 bits per heavy atom. The van der Waals surface area contributed by atoms with Crippen molar-refractivity contribution in [3.05, 3.63) is 48.1 Å². The molecule has 0 spiro atoms. The van der Waals surface area contributed by atoms with Gasteiger partial charge < -0.3 is 9.32 Å². The Morgan fingerprint density at radius 1 is 0.966 bits per heavy atom. The number of hydrogen-bond donors (Lipinski definition) is 0. The van der Waals surface area contributed by atoms with E-state index in [2.05, 4.69) is 25.2 Å². The zero-order valence-corrected chi connectivity index (χ0v) is 15.2. The lowest BCUT2D eigenvalue weighted by Crippen LogP contribution is -2.46. The highest BCUT2D eigenvalue weighted by atomic mass is 19.4. The van der Waals surface area contributed by atoms with Crippen LogP contribution in [-0.4, -0.2) is 55.9 Å². The monoisotopic (exact) mass is 403 g/mol. The van der Waals surface area contributed by atoms with Crippen LogP contribution in [0.25, 0.3) is 16.7 Å². The van der Waals surface area contributed by atoms with E-state index in [1.807, 2.05) is 29.2 Å². The van der Waals surface area contributed by atoms with E-state index in [0.717, 1.165) is 15.6 Å². The number of aromatic nitrogens is 5. The molecule has 0 saturated carbocycles. The summed E-state index contributed by atoms with van der Waals surface area (Å²) < 4.78 is 45.7. The highest BCUT2D eigenvalue weighted by Gasteiger charge is 2.37. The van der Waals surface area contributed by atoms with Crippen molar-refractivity contribution in [2.24, 2.45) is 0 Å². The molecule has 0 bridgehead atoms. The molecule has 1 aliphatic rings. The summed E-state index contributed by atoms with van der Waals surface area (Å²) in [7, 11) is 0. The number of oxazole rings is 1. The number of rotatable bonds is 3. The first kappa shape index (κ1) is 17.9. The van der Waals surface area contributed by atoms with E-state index in [0.29, 0.717) is 44.4 Å². The number of hydrogen-bond acceptors (Lipinski definition) is 7. The number of benzene rings is 1. The molecule has 150 valence electrons. The molecule has 4 aromatic rings. The largest absolute Gasteiger partial charge is 0.453 e. The van der Waals surface area contributed by atoms with Crippen LogP contribution in [0.4, 0.5) is 19.0 Å². The number of anilines is 1. The maximum Gasteiger partial charge on any atom is 0.453 e. The molecule has 5 rings (SSSR count). The third kappa shape index (κ3) is 3.37.